The number of carbonyl (C=O) groups excluding carboxylic acids is 1. The summed E-state index contributed by atoms with van der Waals surface area (Å²) in [5, 5.41) is 14.2. The van der Waals surface area contributed by atoms with Crippen molar-refractivity contribution >= 4 is 17.3 Å². The van der Waals surface area contributed by atoms with Gasteiger partial charge in [0.15, 0.2) is 23.0 Å². The SMILES string of the molecule is CCOc1cc([N+](=O)[O-])c(C(=O)Nc2ccc(Oc3ccccc3OC)cc2)cc1OC. The summed E-state index contributed by atoms with van der Waals surface area (Å²) >= 11 is 0. The number of nitro benzene ring substituents is 1. The van der Waals surface area contributed by atoms with Crippen molar-refractivity contribution < 1.29 is 28.7 Å². The minimum atomic E-state index is -0.656. The number of para-hydroxylation sites is 2. The Morgan fingerprint density at radius 2 is 1.59 bits per heavy atom. The van der Waals surface area contributed by atoms with Crippen molar-refractivity contribution in [3.8, 4) is 28.7 Å². The third kappa shape index (κ3) is 5.07. The van der Waals surface area contributed by atoms with E-state index in [1.54, 1.807) is 50.4 Å². The standard InChI is InChI=1S/C23H22N2O7/c1-4-31-22-14-18(25(27)28)17(13-21(22)30-3)23(26)24-15-9-11-16(12-10-15)32-20-8-6-5-7-19(20)29-2/h5-14H,4H2,1-3H3,(H,24,26). The highest BCUT2D eigenvalue weighted by Crippen LogP contribution is 2.35. The lowest BCUT2D eigenvalue weighted by Gasteiger charge is -2.13. The number of nitrogens with one attached hydrogen (secondary N) is 1. The molecule has 0 saturated carbocycles. The number of hydrogen-bond acceptors (Lipinski definition) is 7. The summed E-state index contributed by atoms with van der Waals surface area (Å²) in [5.74, 6) is 1.42. The summed E-state index contributed by atoms with van der Waals surface area (Å²) in [6.45, 7) is 2.04. The van der Waals surface area contributed by atoms with E-state index in [1.165, 1.54) is 19.2 Å². The van der Waals surface area contributed by atoms with E-state index >= 15 is 0 Å². The molecule has 0 aliphatic carbocycles. The Labute approximate surface area is 184 Å². The summed E-state index contributed by atoms with van der Waals surface area (Å²) in [7, 11) is 2.95. The molecule has 0 saturated heterocycles. The number of methoxy groups -OCH3 is 2. The largest absolute Gasteiger partial charge is 0.493 e. The molecule has 0 spiro atoms. The molecule has 1 N–H and O–H groups in total. The minimum absolute atomic E-state index is 0.148. The minimum Gasteiger partial charge on any atom is -0.493 e. The second-order valence-corrected chi connectivity index (χ2v) is 6.44. The molecule has 0 atom stereocenters. The quantitative estimate of drug-likeness (QED) is 0.367. The molecule has 1 amide bonds. The van der Waals surface area contributed by atoms with E-state index in [2.05, 4.69) is 5.32 Å². The van der Waals surface area contributed by atoms with Crippen LogP contribution in [0.25, 0.3) is 0 Å². The normalized spacial score (nSPS) is 10.2. The van der Waals surface area contributed by atoms with E-state index in [1.807, 2.05) is 12.1 Å². The molecule has 9 heteroatoms. The number of hydrogen-bond donors (Lipinski definition) is 1. The summed E-state index contributed by atoms with van der Waals surface area (Å²) in [5.41, 5.74) is -0.1000. The highest BCUT2D eigenvalue weighted by Gasteiger charge is 2.25. The van der Waals surface area contributed by atoms with Gasteiger partial charge in [-0.15, -0.1) is 0 Å². The first-order valence-corrected chi connectivity index (χ1v) is 9.68. The van der Waals surface area contributed by atoms with Gasteiger partial charge in [0.1, 0.15) is 11.3 Å². The fourth-order valence-electron chi connectivity index (χ4n) is 2.94. The van der Waals surface area contributed by atoms with E-state index in [9.17, 15) is 14.9 Å². The highest BCUT2D eigenvalue weighted by atomic mass is 16.6. The molecule has 0 fully saturated rings. The van der Waals surface area contributed by atoms with Crippen LogP contribution in [-0.4, -0.2) is 31.7 Å². The third-order valence-corrected chi connectivity index (χ3v) is 4.43. The Balaban J connectivity index is 1.80. The van der Waals surface area contributed by atoms with E-state index in [0.717, 1.165) is 0 Å². The van der Waals surface area contributed by atoms with E-state index < -0.39 is 10.8 Å². The van der Waals surface area contributed by atoms with Gasteiger partial charge in [-0.05, 0) is 43.3 Å². The first-order valence-electron chi connectivity index (χ1n) is 9.68. The molecule has 0 aromatic heterocycles. The second kappa shape index (κ2) is 10.2. The zero-order valence-electron chi connectivity index (χ0n) is 17.8. The molecule has 3 aromatic carbocycles. The maximum Gasteiger partial charge on any atom is 0.286 e. The van der Waals surface area contributed by atoms with Crippen LogP contribution in [-0.2, 0) is 0 Å². The van der Waals surface area contributed by atoms with Crippen LogP contribution >= 0.6 is 0 Å². The maximum atomic E-state index is 12.8. The van der Waals surface area contributed by atoms with Gasteiger partial charge in [0.2, 0.25) is 0 Å². The lowest BCUT2D eigenvalue weighted by molar-refractivity contribution is -0.385. The molecule has 0 aliphatic heterocycles. The number of carbonyl (C=O) groups is 1. The number of rotatable bonds is 9. The molecule has 0 bridgehead atoms. The Morgan fingerprint density at radius 3 is 2.19 bits per heavy atom. The molecule has 166 valence electrons. The zero-order valence-corrected chi connectivity index (χ0v) is 17.8. The summed E-state index contributed by atoms with van der Waals surface area (Å²) in [6, 6.07) is 16.3. The number of nitrogens with zero attached hydrogens (tertiary/aromatic N) is 1. The van der Waals surface area contributed by atoms with Crippen molar-refractivity contribution in [1.29, 1.82) is 0 Å². The van der Waals surface area contributed by atoms with Gasteiger partial charge in [0, 0.05) is 11.8 Å². The summed E-state index contributed by atoms with van der Waals surface area (Å²) < 4.78 is 21.6. The topological polar surface area (TPSA) is 109 Å². The molecule has 32 heavy (non-hydrogen) atoms. The van der Waals surface area contributed by atoms with Gasteiger partial charge in [-0.1, -0.05) is 12.1 Å². The van der Waals surface area contributed by atoms with Gasteiger partial charge in [0.05, 0.1) is 31.8 Å². The van der Waals surface area contributed by atoms with Crippen molar-refractivity contribution in [2.24, 2.45) is 0 Å². The molecular weight excluding hydrogens is 416 g/mol. The maximum absolute atomic E-state index is 12.8. The monoisotopic (exact) mass is 438 g/mol. The third-order valence-electron chi connectivity index (χ3n) is 4.43. The lowest BCUT2D eigenvalue weighted by atomic mass is 10.1. The van der Waals surface area contributed by atoms with Gasteiger partial charge in [-0.3, -0.25) is 14.9 Å². The number of benzene rings is 3. The zero-order chi connectivity index (χ0) is 23.1. The van der Waals surface area contributed by atoms with Crippen molar-refractivity contribution in [3.63, 3.8) is 0 Å². The fourth-order valence-corrected chi connectivity index (χ4v) is 2.94. The molecule has 3 rings (SSSR count). The van der Waals surface area contributed by atoms with Crippen molar-refractivity contribution in [2.45, 2.75) is 6.92 Å². The number of nitro groups is 1. The van der Waals surface area contributed by atoms with Crippen LogP contribution in [0.1, 0.15) is 17.3 Å². The van der Waals surface area contributed by atoms with E-state index in [4.69, 9.17) is 18.9 Å². The summed E-state index contributed by atoms with van der Waals surface area (Å²) in [4.78, 5) is 23.6. The van der Waals surface area contributed by atoms with Crippen LogP contribution in [0.3, 0.4) is 0 Å². The predicted octanol–water partition coefficient (Wildman–Crippen LogP) is 5.06. The number of anilines is 1. The number of ether oxygens (including phenoxy) is 4. The van der Waals surface area contributed by atoms with Crippen LogP contribution in [0.4, 0.5) is 11.4 Å². The Morgan fingerprint density at radius 1 is 0.938 bits per heavy atom. The average molecular weight is 438 g/mol. The molecule has 9 nitrogen and oxygen atoms in total. The van der Waals surface area contributed by atoms with Crippen LogP contribution in [0.5, 0.6) is 28.7 Å². The van der Waals surface area contributed by atoms with Crippen LogP contribution in [0.15, 0.2) is 60.7 Å². The van der Waals surface area contributed by atoms with Gasteiger partial charge in [-0.2, -0.15) is 0 Å². The fraction of sp³-hybridized carbons (Fsp3) is 0.174. The molecule has 0 aliphatic rings. The molecule has 3 aromatic rings. The Hall–Kier alpha value is -4.27. The van der Waals surface area contributed by atoms with Crippen molar-refractivity contribution in [1.82, 2.24) is 0 Å². The lowest BCUT2D eigenvalue weighted by Crippen LogP contribution is -2.14. The number of amides is 1. The Kier molecular flexibility index (Phi) is 7.12. The van der Waals surface area contributed by atoms with Gasteiger partial charge >= 0.3 is 0 Å². The highest BCUT2D eigenvalue weighted by molar-refractivity contribution is 6.07. The van der Waals surface area contributed by atoms with E-state index in [0.29, 0.717) is 29.5 Å². The van der Waals surface area contributed by atoms with E-state index in [-0.39, 0.29) is 22.7 Å². The molecular formula is C23H22N2O7. The predicted molar refractivity (Wildman–Crippen MR) is 118 cm³/mol. The molecule has 0 heterocycles. The van der Waals surface area contributed by atoms with Crippen LogP contribution in [0, 0.1) is 10.1 Å². The van der Waals surface area contributed by atoms with Crippen LogP contribution < -0.4 is 24.3 Å². The summed E-state index contributed by atoms with van der Waals surface area (Å²) in [6.07, 6.45) is 0. The smallest absolute Gasteiger partial charge is 0.286 e. The van der Waals surface area contributed by atoms with Gasteiger partial charge in [0.25, 0.3) is 11.6 Å². The van der Waals surface area contributed by atoms with Gasteiger partial charge < -0.3 is 24.3 Å². The van der Waals surface area contributed by atoms with Crippen molar-refractivity contribution in [3.05, 3.63) is 76.3 Å². The average Bonchev–Trinajstić information content (AvgIpc) is 2.80. The molecule has 0 unspecified atom stereocenters. The molecule has 0 radical (unpaired) electrons. The van der Waals surface area contributed by atoms with Crippen LogP contribution in [0.2, 0.25) is 0 Å². The Bertz CT molecular complexity index is 1110. The first-order chi connectivity index (χ1) is 15.5. The first kappa shape index (κ1) is 22.4. The van der Waals surface area contributed by atoms with Gasteiger partial charge in [-0.25, -0.2) is 0 Å². The van der Waals surface area contributed by atoms with Crippen molar-refractivity contribution in [2.75, 3.05) is 26.1 Å². The second-order valence-electron chi connectivity index (χ2n) is 6.44.